The molecule has 0 atom stereocenters. The topological polar surface area (TPSA) is 0 Å². The van der Waals surface area contributed by atoms with E-state index in [2.05, 4.69) is 49.7 Å². The number of hydrogen-bond acceptors (Lipinski definition) is 0. The van der Waals surface area contributed by atoms with E-state index < -0.39 is 4.25 Å². The van der Waals surface area contributed by atoms with Crippen molar-refractivity contribution in [2.45, 2.75) is 214 Å². The van der Waals surface area contributed by atoms with Crippen LogP contribution in [0, 0.1) is 0 Å². The summed E-state index contributed by atoms with van der Waals surface area (Å²) in [6.45, 7) is 9.40. The van der Waals surface area contributed by atoms with E-state index >= 15 is 0 Å². The minimum atomic E-state index is -1.61. The summed E-state index contributed by atoms with van der Waals surface area (Å²) < 4.78 is -1.61. The predicted molar refractivity (Wildman–Crippen MR) is 197 cm³/mol. The molecule has 0 nitrogen and oxygen atoms in total. The van der Waals surface area contributed by atoms with Gasteiger partial charge in [0.1, 0.15) is 0 Å². The molecule has 0 aromatic rings. The van der Waals surface area contributed by atoms with E-state index in [0.29, 0.717) is 0 Å². The van der Waals surface area contributed by atoms with Gasteiger partial charge in [0.25, 0.3) is 0 Å². The Kier molecular flexibility index (Phi) is 30.1. The third-order valence-electron chi connectivity index (χ3n) is 9.53. The van der Waals surface area contributed by atoms with E-state index in [9.17, 15) is 0 Å². The van der Waals surface area contributed by atoms with Crippen molar-refractivity contribution in [3.05, 3.63) is 0 Å². The second-order valence-corrected chi connectivity index (χ2v) is 27.2. The SMILES string of the molecule is CCCCCCCCCCCCCCCCP(I)(CCCCCCC)(CCCCCCC)CCCCCCC. The van der Waals surface area contributed by atoms with Crippen LogP contribution in [0.5, 0.6) is 0 Å². The van der Waals surface area contributed by atoms with E-state index in [1.807, 2.05) is 0 Å². The Balaban J connectivity index is 4.60. The molecule has 2 heteroatoms. The Morgan fingerprint density at radius 2 is 0.410 bits per heavy atom. The fourth-order valence-corrected chi connectivity index (χ4v) is 16.2. The zero-order chi connectivity index (χ0) is 28.8. The molecule has 0 bridgehead atoms. The van der Waals surface area contributed by atoms with Gasteiger partial charge in [0, 0.05) is 0 Å². The van der Waals surface area contributed by atoms with Crippen molar-refractivity contribution < 1.29 is 0 Å². The van der Waals surface area contributed by atoms with Gasteiger partial charge >= 0.3 is 239 Å². The van der Waals surface area contributed by atoms with Crippen LogP contribution >= 0.6 is 26.3 Å². The standard InChI is InChI=1S/C37H78IP/c1-5-9-13-17-18-19-20-21-22-23-24-25-29-33-37-39(38,34-30-26-14-10-6-2,35-31-27-15-11-7-3)36-32-28-16-12-8-4/h5-37H2,1-4H3. The Labute approximate surface area is 263 Å². The maximum absolute atomic E-state index is 3.22. The molecule has 0 aliphatic carbocycles. The molecule has 0 aliphatic heterocycles. The second kappa shape index (κ2) is 29.2. The minimum absolute atomic E-state index is 1.37. The summed E-state index contributed by atoms with van der Waals surface area (Å²) in [6, 6.07) is 0. The average molecular weight is 681 g/mol. The van der Waals surface area contributed by atoms with Crippen LogP contribution in [0.1, 0.15) is 214 Å². The summed E-state index contributed by atoms with van der Waals surface area (Å²) in [5, 5.41) is 0. The molecule has 0 aromatic heterocycles. The van der Waals surface area contributed by atoms with Crippen LogP contribution in [-0.4, -0.2) is 24.6 Å². The summed E-state index contributed by atoms with van der Waals surface area (Å²) in [6.07, 6.45) is 49.2. The predicted octanol–water partition coefficient (Wildman–Crippen LogP) is 15.3. The van der Waals surface area contributed by atoms with Crippen molar-refractivity contribution in [3.8, 4) is 0 Å². The quantitative estimate of drug-likeness (QED) is 0.0368. The monoisotopic (exact) mass is 680 g/mol. The molecule has 0 saturated carbocycles. The molecule has 0 aliphatic rings. The molecule has 0 amide bonds. The molecular weight excluding hydrogens is 602 g/mol. The van der Waals surface area contributed by atoms with Gasteiger partial charge in [-0.2, -0.15) is 0 Å². The molecule has 0 fully saturated rings. The Morgan fingerprint density at radius 1 is 0.256 bits per heavy atom. The van der Waals surface area contributed by atoms with Gasteiger partial charge in [-0.1, -0.05) is 26.2 Å². The molecule has 0 N–H and O–H groups in total. The van der Waals surface area contributed by atoms with Crippen molar-refractivity contribution in [2.75, 3.05) is 24.6 Å². The number of unbranched alkanes of at least 4 members (excludes halogenated alkanes) is 25. The molecule has 0 radical (unpaired) electrons. The van der Waals surface area contributed by atoms with Crippen LogP contribution < -0.4 is 0 Å². The van der Waals surface area contributed by atoms with E-state index in [4.69, 9.17) is 0 Å². The fraction of sp³-hybridized carbons (Fsp3) is 1.00. The van der Waals surface area contributed by atoms with Gasteiger partial charge in [0.05, 0.1) is 0 Å². The number of hydrogen-bond donors (Lipinski definition) is 0. The Morgan fingerprint density at radius 3 is 0.590 bits per heavy atom. The molecule has 238 valence electrons. The molecule has 0 unspecified atom stereocenters. The number of rotatable bonds is 33. The van der Waals surface area contributed by atoms with Gasteiger partial charge in [0.2, 0.25) is 0 Å². The zero-order valence-corrected chi connectivity index (χ0v) is 31.2. The van der Waals surface area contributed by atoms with Crippen molar-refractivity contribution in [3.63, 3.8) is 0 Å². The normalized spacial score (nSPS) is 13.1. The van der Waals surface area contributed by atoms with Gasteiger partial charge < -0.3 is 0 Å². The first kappa shape index (κ1) is 40.2. The molecule has 0 aromatic carbocycles. The fourth-order valence-electron chi connectivity index (χ4n) is 6.70. The molecular formula is C37H78IP. The number of halogens is 1. The van der Waals surface area contributed by atoms with Crippen LogP contribution in [0.4, 0.5) is 0 Å². The van der Waals surface area contributed by atoms with Crippen LogP contribution in [0.3, 0.4) is 0 Å². The molecule has 0 rings (SSSR count). The average Bonchev–Trinajstić information content (AvgIpc) is 2.93. The zero-order valence-electron chi connectivity index (χ0n) is 28.2. The van der Waals surface area contributed by atoms with Gasteiger partial charge in [-0.3, -0.25) is 0 Å². The molecule has 0 spiro atoms. The third-order valence-corrected chi connectivity index (χ3v) is 21.1. The van der Waals surface area contributed by atoms with Crippen LogP contribution in [-0.2, 0) is 0 Å². The van der Waals surface area contributed by atoms with Crippen LogP contribution in [0.25, 0.3) is 0 Å². The first-order valence-corrected chi connectivity index (χ1v) is 24.5. The summed E-state index contributed by atoms with van der Waals surface area (Å²) in [7, 11) is 0. The van der Waals surface area contributed by atoms with E-state index in [0.717, 1.165) is 0 Å². The van der Waals surface area contributed by atoms with E-state index in [1.165, 1.54) is 186 Å². The van der Waals surface area contributed by atoms with Gasteiger partial charge in [-0.05, 0) is 0 Å². The summed E-state index contributed by atoms with van der Waals surface area (Å²) in [4.78, 5) is 0. The van der Waals surface area contributed by atoms with Gasteiger partial charge in [-0.25, -0.2) is 0 Å². The third kappa shape index (κ3) is 25.4. The van der Waals surface area contributed by atoms with E-state index in [1.54, 1.807) is 24.6 Å². The second-order valence-electron chi connectivity index (χ2n) is 13.6. The molecule has 0 saturated heterocycles. The van der Waals surface area contributed by atoms with Crippen LogP contribution in [0.2, 0.25) is 0 Å². The summed E-state index contributed by atoms with van der Waals surface area (Å²) >= 11 is 3.22. The van der Waals surface area contributed by atoms with E-state index in [-0.39, 0.29) is 0 Å². The van der Waals surface area contributed by atoms with Crippen molar-refractivity contribution in [2.24, 2.45) is 0 Å². The maximum atomic E-state index is 3.22. The Bertz CT molecular complexity index is 437. The molecule has 0 heterocycles. The van der Waals surface area contributed by atoms with Gasteiger partial charge in [-0.15, -0.1) is 0 Å². The van der Waals surface area contributed by atoms with Crippen molar-refractivity contribution >= 4 is 26.3 Å². The Hall–Kier alpha value is 1.16. The summed E-state index contributed by atoms with van der Waals surface area (Å²) in [5.74, 6) is 0. The molecule has 39 heavy (non-hydrogen) atoms. The first-order valence-electron chi connectivity index (χ1n) is 18.8. The van der Waals surface area contributed by atoms with Crippen molar-refractivity contribution in [1.82, 2.24) is 0 Å². The first-order chi connectivity index (χ1) is 19.0. The summed E-state index contributed by atoms with van der Waals surface area (Å²) in [5.41, 5.74) is 0. The van der Waals surface area contributed by atoms with Crippen LogP contribution in [0.15, 0.2) is 0 Å². The van der Waals surface area contributed by atoms with Crippen molar-refractivity contribution in [1.29, 1.82) is 0 Å². The van der Waals surface area contributed by atoms with Gasteiger partial charge in [0.15, 0.2) is 0 Å².